The Hall–Kier alpha value is -2.80. The number of rotatable bonds is 2. The minimum Gasteiger partial charge on any atom is -0.344 e. The van der Waals surface area contributed by atoms with Crippen molar-refractivity contribution in [2.75, 3.05) is 11.9 Å². The Morgan fingerprint density at radius 1 is 0.643 bits per heavy atom. The summed E-state index contributed by atoms with van der Waals surface area (Å²) in [6.07, 6.45) is 2.35. The standard InChI is InChI=1S/C23H19N.2C2H6/c1-24(20-13-11-16-5-2-3-6-19(16)15-20)22-14-12-18-10-9-17-7-4-8-21(22)23(17)18;2*1-2/h2-8,11-15H,9-10H2,1H3;2*1-2H3. The Kier molecular flexibility index (Phi) is 6.36. The molecule has 0 radical (unpaired) electrons. The van der Waals surface area contributed by atoms with E-state index in [9.17, 15) is 0 Å². The number of benzene rings is 4. The fraction of sp³-hybridized carbons (Fsp3) is 0.259. The predicted molar refractivity (Wildman–Crippen MR) is 126 cm³/mol. The van der Waals surface area contributed by atoms with Crippen molar-refractivity contribution >= 4 is 32.9 Å². The zero-order valence-corrected chi connectivity index (χ0v) is 17.8. The first kappa shape index (κ1) is 19.9. The molecule has 0 spiro atoms. The van der Waals surface area contributed by atoms with Crippen LogP contribution in [0.5, 0.6) is 0 Å². The molecule has 0 N–H and O–H groups in total. The predicted octanol–water partition coefficient (Wildman–Crippen LogP) is 7.91. The van der Waals surface area contributed by atoms with E-state index >= 15 is 0 Å². The van der Waals surface area contributed by atoms with Crippen molar-refractivity contribution in [3.63, 3.8) is 0 Å². The van der Waals surface area contributed by atoms with E-state index in [1.165, 1.54) is 56.9 Å². The van der Waals surface area contributed by atoms with Crippen LogP contribution >= 0.6 is 0 Å². The van der Waals surface area contributed by atoms with Gasteiger partial charge in [0.2, 0.25) is 0 Å². The Morgan fingerprint density at radius 2 is 1.32 bits per heavy atom. The second-order valence-electron chi connectivity index (χ2n) is 6.67. The van der Waals surface area contributed by atoms with Crippen molar-refractivity contribution in [1.29, 1.82) is 0 Å². The summed E-state index contributed by atoms with van der Waals surface area (Å²) >= 11 is 0. The molecular weight excluding hydrogens is 338 g/mol. The van der Waals surface area contributed by atoms with Crippen LogP contribution in [0.1, 0.15) is 38.8 Å². The summed E-state index contributed by atoms with van der Waals surface area (Å²) in [6, 6.07) is 26.6. The highest BCUT2D eigenvalue weighted by molar-refractivity contribution is 6.01. The summed E-state index contributed by atoms with van der Waals surface area (Å²) in [5.41, 5.74) is 5.51. The van der Waals surface area contributed by atoms with E-state index in [4.69, 9.17) is 0 Å². The third-order valence-corrected chi connectivity index (χ3v) is 5.34. The molecule has 0 aromatic heterocycles. The van der Waals surface area contributed by atoms with Gasteiger partial charge in [-0.25, -0.2) is 0 Å². The number of fused-ring (bicyclic) bond motifs is 1. The highest BCUT2D eigenvalue weighted by Gasteiger charge is 2.17. The Labute approximate surface area is 169 Å². The molecule has 0 fully saturated rings. The van der Waals surface area contributed by atoms with Crippen molar-refractivity contribution < 1.29 is 0 Å². The fourth-order valence-corrected chi connectivity index (χ4v) is 4.05. The monoisotopic (exact) mass is 369 g/mol. The Morgan fingerprint density at radius 3 is 2.07 bits per heavy atom. The number of hydrogen-bond donors (Lipinski definition) is 0. The topological polar surface area (TPSA) is 3.24 Å². The lowest BCUT2D eigenvalue weighted by molar-refractivity contribution is 1.02. The lowest BCUT2D eigenvalue weighted by Gasteiger charge is -2.22. The van der Waals surface area contributed by atoms with Gasteiger partial charge in [0.15, 0.2) is 0 Å². The van der Waals surface area contributed by atoms with E-state index in [0.29, 0.717) is 0 Å². The third-order valence-electron chi connectivity index (χ3n) is 5.34. The average molecular weight is 370 g/mol. The molecule has 0 saturated heterocycles. The molecule has 0 bridgehead atoms. The minimum atomic E-state index is 1.18. The molecule has 0 saturated carbocycles. The number of anilines is 2. The van der Waals surface area contributed by atoms with E-state index in [1.54, 1.807) is 0 Å². The highest BCUT2D eigenvalue weighted by Crippen LogP contribution is 2.38. The summed E-state index contributed by atoms with van der Waals surface area (Å²) in [6.45, 7) is 8.00. The smallest absolute Gasteiger partial charge is 0.0488 e. The first-order chi connectivity index (χ1) is 13.8. The van der Waals surface area contributed by atoms with Crippen molar-refractivity contribution in [3.05, 3.63) is 83.9 Å². The molecule has 5 rings (SSSR count). The van der Waals surface area contributed by atoms with Crippen molar-refractivity contribution in [1.82, 2.24) is 0 Å². The van der Waals surface area contributed by atoms with Gasteiger partial charge in [-0.1, -0.05) is 82.3 Å². The molecule has 0 aliphatic heterocycles. The summed E-state index contributed by atoms with van der Waals surface area (Å²) in [5.74, 6) is 0. The lowest BCUT2D eigenvalue weighted by atomic mass is 10.0. The zero-order chi connectivity index (χ0) is 20.1. The molecule has 4 aromatic rings. The van der Waals surface area contributed by atoms with Gasteiger partial charge in [-0.2, -0.15) is 0 Å². The van der Waals surface area contributed by atoms with Crippen LogP contribution in [0.25, 0.3) is 21.5 Å². The fourth-order valence-electron chi connectivity index (χ4n) is 4.05. The highest BCUT2D eigenvalue weighted by atomic mass is 15.1. The third kappa shape index (κ3) is 3.49. The second kappa shape index (κ2) is 8.93. The second-order valence-corrected chi connectivity index (χ2v) is 6.67. The SMILES string of the molecule is CC.CC.CN(c1ccc2ccccc2c1)c1ccc2c3c(cccc13)CC2. The van der Waals surface area contributed by atoms with E-state index in [-0.39, 0.29) is 0 Å². The first-order valence-electron chi connectivity index (χ1n) is 10.6. The molecule has 0 heterocycles. The van der Waals surface area contributed by atoms with Crippen LogP contribution < -0.4 is 4.90 Å². The van der Waals surface area contributed by atoms with E-state index in [0.717, 1.165) is 0 Å². The van der Waals surface area contributed by atoms with Gasteiger partial charge in [0.25, 0.3) is 0 Å². The quantitative estimate of drug-likeness (QED) is 0.347. The van der Waals surface area contributed by atoms with Crippen LogP contribution in [0.2, 0.25) is 0 Å². The maximum Gasteiger partial charge on any atom is 0.0488 e. The first-order valence-corrected chi connectivity index (χ1v) is 10.6. The van der Waals surface area contributed by atoms with Gasteiger partial charge in [0.1, 0.15) is 0 Å². The van der Waals surface area contributed by atoms with Crippen molar-refractivity contribution in [2.45, 2.75) is 40.5 Å². The largest absolute Gasteiger partial charge is 0.344 e. The molecule has 1 aliphatic rings. The number of aryl methyl sites for hydroxylation is 2. The molecular formula is C27H31N. The average Bonchev–Trinajstić information content (AvgIpc) is 3.21. The number of nitrogens with zero attached hydrogens (tertiary/aromatic N) is 1. The van der Waals surface area contributed by atoms with Crippen LogP contribution in [0.15, 0.2) is 72.8 Å². The lowest BCUT2D eigenvalue weighted by Crippen LogP contribution is -2.10. The molecule has 0 atom stereocenters. The van der Waals surface area contributed by atoms with Gasteiger partial charge in [0.05, 0.1) is 0 Å². The van der Waals surface area contributed by atoms with Gasteiger partial charge in [-0.05, 0) is 58.3 Å². The van der Waals surface area contributed by atoms with E-state index in [2.05, 4.69) is 84.7 Å². The maximum absolute atomic E-state index is 2.31. The van der Waals surface area contributed by atoms with Crippen LogP contribution in [0, 0.1) is 0 Å². The van der Waals surface area contributed by atoms with Gasteiger partial charge >= 0.3 is 0 Å². The van der Waals surface area contributed by atoms with Crippen LogP contribution in [-0.4, -0.2) is 7.05 Å². The van der Waals surface area contributed by atoms with Crippen LogP contribution in [0.3, 0.4) is 0 Å². The molecule has 1 aliphatic carbocycles. The minimum absolute atomic E-state index is 1.18. The summed E-state index contributed by atoms with van der Waals surface area (Å²) in [7, 11) is 2.17. The molecule has 28 heavy (non-hydrogen) atoms. The Bertz CT molecular complexity index is 1070. The molecule has 0 unspecified atom stereocenters. The van der Waals surface area contributed by atoms with Gasteiger partial charge in [-0.3, -0.25) is 0 Å². The molecule has 144 valence electrons. The van der Waals surface area contributed by atoms with E-state index in [1.807, 2.05) is 27.7 Å². The number of hydrogen-bond acceptors (Lipinski definition) is 1. The van der Waals surface area contributed by atoms with Crippen LogP contribution in [0.4, 0.5) is 11.4 Å². The summed E-state index contributed by atoms with van der Waals surface area (Å²) in [4.78, 5) is 2.31. The summed E-state index contributed by atoms with van der Waals surface area (Å²) < 4.78 is 0. The van der Waals surface area contributed by atoms with Crippen molar-refractivity contribution in [2.24, 2.45) is 0 Å². The molecule has 0 amide bonds. The summed E-state index contributed by atoms with van der Waals surface area (Å²) in [5, 5.41) is 5.42. The zero-order valence-electron chi connectivity index (χ0n) is 17.8. The van der Waals surface area contributed by atoms with E-state index < -0.39 is 0 Å². The molecule has 1 heteroatoms. The van der Waals surface area contributed by atoms with Gasteiger partial charge < -0.3 is 4.90 Å². The van der Waals surface area contributed by atoms with Crippen molar-refractivity contribution in [3.8, 4) is 0 Å². The van der Waals surface area contributed by atoms with Crippen LogP contribution in [-0.2, 0) is 12.8 Å². The molecule has 4 aromatic carbocycles. The van der Waals surface area contributed by atoms with Gasteiger partial charge in [-0.15, -0.1) is 0 Å². The Balaban J connectivity index is 0.000000531. The normalized spacial score (nSPS) is 11.5. The van der Waals surface area contributed by atoms with Gasteiger partial charge in [0, 0.05) is 23.8 Å². The maximum atomic E-state index is 2.31. The molecule has 1 nitrogen and oxygen atoms in total.